The molecule has 1 aliphatic rings. The Morgan fingerprint density at radius 2 is 1.71 bits per heavy atom. The Morgan fingerprint density at radius 1 is 0.824 bits per heavy atom. The number of nitrogens with one attached hydrogen (secondary N) is 1. The van der Waals surface area contributed by atoms with E-state index in [4.69, 9.17) is 0 Å². The van der Waals surface area contributed by atoms with E-state index in [1.807, 2.05) is 6.20 Å². The monoisotopic (exact) mass is 219 g/mol. The number of benzene rings is 2. The van der Waals surface area contributed by atoms with E-state index in [1.165, 1.54) is 39.6 Å². The molecule has 0 unspecified atom stereocenters. The van der Waals surface area contributed by atoms with Gasteiger partial charge in [-0.25, -0.2) is 0 Å². The zero-order valence-electron chi connectivity index (χ0n) is 9.53. The second kappa shape index (κ2) is 3.24. The van der Waals surface area contributed by atoms with E-state index < -0.39 is 0 Å². The summed E-state index contributed by atoms with van der Waals surface area (Å²) in [6, 6.07) is 15.4. The molecule has 0 bridgehead atoms. The van der Waals surface area contributed by atoms with E-state index in [0.29, 0.717) is 0 Å². The van der Waals surface area contributed by atoms with Crippen molar-refractivity contribution in [3.05, 3.63) is 59.8 Å². The summed E-state index contributed by atoms with van der Waals surface area (Å²) in [7, 11) is 0. The maximum Gasteiger partial charge on any atom is 0.0460 e. The quantitative estimate of drug-likeness (QED) is 0.589. The topological polar surface area (TPSA) is 15.8 Å². The minimum absolute atomic E-state index is 1.16. The highest BCUT2D eigenvalue weighted by Gasteiger charge is 2.17. The van der Waals surface area contributed by atoms with Crippen LogP contribution in [0.2, 0.25) is 0 Å². The van der Waals surface area contributed by atoms with Crippen LogP contribution >= 0.6 is 0 Å². The van der Waals surface area contributed by atoms with Gasteiger partial charge in [0, 0.05) is 17.1 Å². The van der Waals surface area contributed by atoms with E-state index in [2.05, 4.69) is 47.4 Å². The van der Waals surface area contributed by atoms with Gasteiger partial charge in [0.05, 0.1) is 0 Å². The fourth-order valence-electron chi connectivity index (χ4n) is 2.96. The number of aromatic nitrogens is 1. The number of fused-ring (bicyclic) bond motifs is 5. The molecule has 0 saturated heterocycles. The summed E-state index contributed by atoms with van der Waals surface area (Å²) < 4.78 is 0. The molecule has 0 fully saturated rings. The van der Waals surface area contributed by atoms with Crippen molar-refractivity contribution in [1.82, 2.24) is 4.98 Å². The Kier molecular flexibility index (Phi) is 1.72. The first-order valence-electron chi connectivity index (χ1n) is 6.11. The van der Waals surface area contributed by atoms with Gasteiger partial charge in [0.25, 0.3) is 0 Å². The third-order valence-electron chi connectivity index (χ3n) is 3.77. The Bertz CT molecular complexity index is 706. The maximum atomic E-state index is 3.30. The molecule has 3 aromatic rings. The largest absolute Gasteiger partial charge is 0.361 e. The van der Waals surface area contributed by atoms with Gasteiger partial charge in [-0.15, -0.1) is 0 Å². The number of hydrogen-bond donors (Lipinski definition) is 1. The number of aryl methyl sites for hydroxylation is 2. The SMILES string of the molecule is c1ccc2c(c1)CCc1ccc3[nH]ccc3c1-2. The van der Waals surface area contributed by atoms with Gasteiger partial charge in [0.15, 0.2) is 0 Å². The van der Waals surface area contributed by atoms with E-state index in [1.54, 1.807) is 0 Å². The molecule has 0 radical (unpaired) electrons. The molecule has 4 rings (SSSR count). The highest BCUT2D eigenvalue weighted by Crippen LogP contribution is 2.38. The molecule has 0 spiro atoms. The molecule has 1 aromatic heterocycles. The number of rotatable bonds is 0. The summed E-state index contributed by atoms with van der Waals surface area (Å²) in [6.07, 6.45) is 4.36. The van der Waals surface area contributed by atoms with Crippen LogP contribution in [0.5, 0.6) is 0 Å². The lowest BCUT2D eigenvalue weighted by atomic mass is 9.84. The lowest BCUT2D eigenvalue weighted by Crippen LogP contribution is -2.03. The maximum absolute atomic E-state index is 3.30. The third kappa shape index (κ3) is 1.19. The molecule has 1 N–H and O–H groups in total. The van der Waals surface area contributed by atoms with Gasteiger partial charge >= 0.3 is 0 Å². The van der Waals surface area contributed by atoms with Crippen molar-refractivity contribution >= 4 is 10.9 Å². The molecule has 1 aliphatic carbocycles. The highest BCUT2D eigenvalue weighted by molar-refractivity contribution is 5.98. The minimum atomic E-state index is 1.16. The number of H-pyrrole nitrogens is 1. The second-order valence-electron chi connectivity index (χ2n) is 4.70. The van der Waals surface area contributed by atoms with Crippen LogP contribution in [-0.2, 0) is 12.8 Å². The number of aromatic amines is 1. The van der Waals surface area contributed by atoms with E-state index in [0.717, 1.165) is 6.42 Å². The summed E-state index contributed by atoms with van der Waals surface area (Å²) >= 11 is 0. The number of hydrogen-bond acceptors (Lipinski definition) is 0. The molecule has 0 amide bonds. The van der Waals surface area contributed by atoms with E-state index >= 15 is 0 Å². The van der Waals surface area contributed by atoms with Crippen molar-refractivity contribution in [2.24, 2.45) is 0 Å². The molecule has 0 atom stereocenters. The smallest absolute Gasteiger partial charge is 0.0460 e. The molecule has 1 heterocycles. The fourth-order valence-corrected chi connectivity index (χ4v) is 2.96. The minimum Gasteiger partial charge on any atom is -0.361 e. The lowest BCUT2D eigenvalue weighted by Gasteiger charge is -2.20. The van der Waals surface area contributed by atoms with Gasteiger partial charge < -0.3 is 4.98 Å². The van der Waals surface area contributed by atoms with E-state index in [-0.39, 0.29) is 0 Å². The summed E-state index contributed by atoms with van der Waals surface area (Å²) in [5.74, 6) is 0. The van der Waals surface area contributed by atoms with Gasteiger partial charge in [-0.1, -0.05) is 30.3 Å². The Balaban J connectivity index is 2.16. The van der Waals surface area contributed by atoms with Crippen LogP contribution in [0.1, 0.15) is 11.1 Å². The van der Waals surface area contributed by atoms with Gasteiger partial charge in [0.1, 0.15) is 0 Å². The standard InChI is InChI=1S/C16H13N/c1-2-4-13-11(3-1)5-6-12-7-8-15-14(16(12)13)9-10-17-15/h1-4,7-10,17H,5-6H2. The van der Waals surface area contributed by atoms with Crippen LogP contribution in [-0.4, -0.2) is 4.98 Å². The predicted octanol–water partition coefficient (Wildman–Crippen LogP) is 3.93. The summed E-state index contributed by atoms with van der Waals surface area (Å²) in [5, 5.41) is 1.36. The highest BCUT2D eigenvalue weighted by atomic mass is 14.7. The third-order valence-corrected chi connectivity index (χ3v) is 3.77. The van der Waals surface area contributed by atoms with Crippen LogP contribution < -0.4 is 0 Å². The van der Waals surface area contributed by atoms with Crippen LogP contribution in [0.25, 0.3) is 22.0 Å². The van der Waals surface area contributed by atoms with Crippen LogP contribution in [0, 0.1) is 0 Å². The normalized spacial score (nSPS) is 13.4. The van der Waals surface area contributed by atoms with Crippen molar-refractivity contribution in [3.63, 3.8) is 0 Å². The van der Waals surface area contributed by atoms with Gasteiger partial charge in [0.2, 0.25) is 0 Å². The van der Waals surface area contributed by atoms with Crippen molar-refractivity contribution in [2.45, 2.75) is 12.8 Å². The zero-order chi connectivity index (χ0) is 11.2. The van der Waals surface area contributed by atoms with Gasteiger partial charge in [-0.2, -0.15) is 0 Å². The molecule has 17 heavy (non-hydrogen) atoms. The zero-order valence-corrected chi connectivity index (χ0v) is 9.53. The van der Waals surface area contributed by atoms with Crippen molar-refractivity contribution in [1.29, 1.82) is 0 Å². The summed E-state index contributed by atoms with van der Waals surface area (Å²) in [5.41, 5.74) is 7.05. The Labute approximate surface area is 100 Å². The molecular weight excluding hydrogens is 206 g/mol. The lowest BCUT2D eigenvalue weighted by molar-refractivity contribution is 0.945. The van der Waals surface area contributed by atoms with Gasteiger partial charge in [-0.3, -0.25) is 0 Å². The molecule has 1 nitrogen and oxygen atoms in total. The summed E-state index contributed by atoms with van der Waals surface area (Å²) in [4.78, 5) is 3.30. The average Bonchev–Trinajstić information content (AvgIpc) is 2.86. The molecule has 0 aliphatic heterocycles. The van der Waals surface area contributed by atoms with Crippen LogP contribution in [0.3, 0.4) is 0 Å². The fraction of sp³-hybridized carbons (Fsp3) is 0.125. The molecule has 82 valence electrons. The molecular formula is C16H13N. The first-order chi connectivity index (χ1) is 8.43. The van der Waals surface area contributed by atoms with E-state index in [9.17, 15) is 0 Å². The second-order valence-corrected chi connectivity index (χ2v) is 4.70. The molecule has 1 heteroatoms. The molecule has 0 saturated carbocycles. The average molecular weight is 219 g/mol. The van der Waals surface area contributed by atoms with Crippen LogP contribution in [0.15, 0.2) is 48.7 Å². The first-order valence-corrected chi connectivity index (χ1v) is 6.11. The van der Waals surface area contributed by atoms with Crippen molar-refractivity contribution < 1.29 is 0 Å². The Hall–Kier alpha value is -2.02. The predicted molar refractivity (Wildman–Crippen MR) is 71.1 cm³/mol. The Morgan fingerprint density at radius 3 is 2.71 bits per heavy atom. The molecule has 2 aromatic carbocycles. The van der Waals surface area contributed by atoms with Crippen molar-refractivity contribution in [3.8, 4) is 11.1 Å². The van der Waals surface area contributed by atoms with Gasteiger partial charge in [-0.05, 0) is 47.2 Å². The van der Waals surface area contributed by atoms with Crippen molar-refractivity contribution in [2.75, 3.05) is 0 Å². The first kappa shape index (κ1) is 9.06. The summed E-state index contributed by atoms with van der Waals surface area (Å²) in [6.45, 7) is 0. The van der Waals surface area contributed by atoms with Crippen LogP contribution in [0.4, 0.5) is 0 Å².